The van der Waals surface area contributed by atoms with Crippen molar-refractivity contribution in [2.24, 2.45) is 0 Å². The first-order valence-electron chi connectivity index (χ1n) is 10.8. The van der Waals surface area contributed by atoms with Gasteiger partial charge in [0.15, 0.2) is 5.11 Å². The van der Waals surface area contributed by atoms with E-state index in [1.54, 1.807) is 48.5 Å². The van der Waals surface area contributed by atoms with E-state index < -0.39 is 5.91 Å². The molecule has 7 nitrogen and oxygen atoms in total. The number of ether oxygens (including phenoxy) is 2. The molecule has 0 spiro atoms. The molecular formula is C24H31N3O4S. The van der Waals surface area contributed by atoms with Crippen LogP contribution >= 0.6 is 12.2 Å². The van der Waals surface area contributed by atoms with Gasteiger partial charge in [-0.25, -0.2) is 0 Å². The van der Waals surface area contributed by atoms with Crippen LogP contribution in [0.4, 0.5) is 0 Å². The van der Waals surface area contributed by atoms with Gasteiger partial charge in [-0.05, 0) is 68.9 Å². The van der Waals surface area contributed by atoms with Crippen LogP contribution in [0.3, 0.4) is 0 Å². The topological polar surface area (TPSA) is 88.7 Å². The lowest BCUT2D eigenvalue weighted by Gasteiger charge is -2.15. The number of carbonyl (C=O) groups excluding carboxylic acids is 2. The molecule has 0 saturated heterocycles. The molecule has 172 valence electrons. The molecule has 2 aromatic carbocycles. The molecule has 0 radical (unpaired) electrons. The van der Waals surface area contributed by atoms with Gasteiger partial charge in [0.05, 0.1) is 18.3 Å². The summed E-state index contributed by atoms with van der Waals surface area (Å²) in [4.78, 5) is 24.8. The van der Waals surface area contributed by atoms with Crippen LogP contribution < -0.4 is 25.6 Å². The molecule has 3 N–H and O–H groups in total. The standard InChI is InChI=1S/C24H31N3O4S/c1-4-5-6-9-16-30-19-14-12-18(13-15-19)22(28)26-27-24(32)25-23(29)20-10-7-8-11-21(20)31-17(2)3/h7-8,10-15,17H,4-6,9,16H2,1-3H3,(H,26,28)(H2,25,27,29,32). The van der Waals surface area contributed by atoms with Gasteiger partial charge in [0, 0.05) is 5.56 Å². The molecule has 0 atom stereocenters. The highest BCUT2D eigenvalue weighted by Crippen LogP contribution is 2.19. The van der Waals surface area contributed by atoms with E-state index in [9.17, 15) is 9.59 Å². The van der Waals surface area contributed by atoms with Crippen LogP contribution in [0.25, 0.3) is 0 Å². The number of carbonyl (C=O) groups is 2. The molecule has 0 aromatic heterocycles. The van der Waals surface area contributed by atoms with E-state index in [0.717, 1.165) is 18.6 Å². The van der Waals surface area contributed by atoms with Crippen molar-refractivity contribution >= 4 is 29.1 Å². The first-order valence-corrected chi connectivity index (χ1v) is 11.2. The van der Waals surface area contributed by atoms with Crippen LogP contribution in [-0.4, -0.2) is 29.6 Å². The molecule has 0 unspecified atom stereocenters. The molecular weight excluding hydrogens is 426 g/mol. The lowest BCUT2D eigenvalue weighted by Crippen LogP contribution is -2.48. The summed E-state index contributed by atoms with van der Waals surface area (Å²) < 4.78 is 11.3. The predicted octanol–water partition coefficient (Wildman–Crippen LogP) is 4.38. The van der Waals surface area contributed by atoms with Gasteiger partial charge in [-0.1, -0.05) is 38.3 Å². The Labute approximate surface area is 194 Å². The zero-order valence-electron chi connectivity index (χ0n) is 18.8. The van der Waals surface area contributed by atoms with Crippen LogP contribution in [0.5, 0.6) is 11.5 Å². The van der Waals surface area contributed by atoms with Crippen molar-refractivity contribution in [1.29, 1.82) is 0 Å². The molecule has 0 bridgehead atoms. The Balaban J connectivity index is 1.80. The molecule has 32 heavy (non-hydrogen) atoms. The van der Waals surface area contributed by atoms with Gasteiger partial charge in [-0.2, -0.15) is 0 Å². The number of para-hydroxylation sites is 1. The highest BCUT2D eigenvalue weighted by atomic mass is 32.1. The van der Waals surface area contributed by atoms with Crippen molar-refractivity contribution in [3.63, 3.8) is 0 Å². The van der Waals surface area contributed by atoms with Gasteiger partial charge in [0.25, 0.3) is 11.8 Å². The third kappa shape index (κ3) is 8.55. The summed E-state index contributed by atoms with van der Waals surface area (Å²) in [6, 6.07) is 13.7. The number of hydrazine groups is 1. The van der Waals surface area contributed by atoms with Crippen LogP contribution in [0.1, 0.15) is 67.2 Å². The van der Waals surface area contributed by atoms with Gasteiger partial charge in [0.1, 0.15) is 11.5 Å². The summed E-state index contributed by atoms with van der Waals surface area (Å²) in [5.41, 5.74) is 5.79. The smallest absolute Gasteiger partial charge is 0.269 e. The van der Waals surface area contributed by atoms with Crippen LogP contribution in [-0.2, 0) is 0 Å². The fraction of sp³-hybridized carbons (Fsp3) is 0.375. The second kappa shape index (κ2) is 13.3. The molecule has 2 amide bonds. The van der Waals surface area contributed by atoms with E-state index in [2.05, 4.69) is 23.1 Å². The Morgan fingerprint density at radius 3 is 2.34 bits per heavy atom. The van der Waals surface area contributed by atoms with Crippen LogP contribution in [0.15, 0.2) is 48.5 Å². The van der Waals surface area contributed by atoms with Crippen LogP contribution in [0, 0.1) is 0 Å². The number of unbranched alkanes of at least 4 members (excludes halogenated alkanes) is 3. The zero-order chi connectivity index (χ0) is 23.3. The van der Waals surface area contributed by atoms with Crippen molar-refractivity contribution in [2.75, 3.05) is 6.61 Å². The quantitative estimate of drug-likeness (QED) is 0.279. The molecule has 0 aliphatic carbocycles. The Kier molecular flexibility index (Phi) is 10.5. The van der Waals surface area contributed by atoms with Crippen molar-refractivity contribution in [3.05, 3.63) is 59.7 Å². The summed E-state index contributed by atoms with van der Waals surface area (Å²) in [5, 5.41) is 2.50. The third-order valence-corrected chi connectivity index (χ3v) is 4.60. The molecule has 2 rings (SSSR count). The summed E-state index contributed by atoms with van der Waals surface area (Å²) in [7, 11) is 0. The number of hydrogen-bond donors (Lipinski definition) is 3. The second-order valence-electron chi connectivity index (χ2n) is 7.46. The van der Waals surface area contributed by atoms with E-state index in [0.29, 0.717) is 23.5 Å². The molecule has 0 heterocycles. The lowest BCUT2D eigenvalue weighted by atomic mass is 10.2. The van der Waals surface area contributed by atoms with Crippen molar-refractivity contribution in [3.8, 4) is 11.5 Å². The largest absolute Gasteiger partial charge is 0.494 e. The van der Waals surface area contributed by atoms with Gasteiger partial charge < -0.3 is 9.47 Å². The highest BCUT2D eigenvalue weighted by Gasteiger charge is 2.15. The Bertz CT molecular complexity index is 900. The maximum absolute atomic E-state index is 12.5. The van der Waals surface area contributed by atoms with E-state index in [-0.39, 0.29) is 17.1 Å². The van der Waals surface area contributed by atoms with Gasteiger partial charge in [-0.15, -0.1) is 0 Å². The first-order chi connectivity index (χ1) is 15.4. The Hall–Kier alpha value is -3.13. The van der Waals surface area contributed by atoms with E-state index in [4.69, 9.17) is 21.7 Å². The minimum absolute atomic E-state index is 0.0327. The Morgan fingerprint density at radius 2 is 1.66 bits per heavy atom. The van der Waals surface area contributed by atoms with Gasteiger partial charge in [0.2, 0.25) is 0 Å². The molecule has 0 aliphatic heterocycles. The van der Waals surface area contributed by atoms with E-state index >= 15 is 0 Å². The fourth-order valence-corrected chi connectivity index (χ4v) is 2.96. The monoisotopic (exact) mass is 457 g/mol. The van der Waals surface area contributed by atoms with Gasteiger partial charge in [-0.3, -0.25) is 25.8 Å². The molecule has 2 aromatic rings. The number of thiocarbonyl (C=S) groups is 1. The highest BCUT2D eigenvalue weighted by molar-refractivity contribution is 7.80. The summed E-state index contributed by atoms with van der Waals surface area (Å²) in [6.45, 7) is 6.58. The normalized spacial score (nSPS) is 10.4. The van der Waals surface area contributed by atoms with E-state index in [1.807, 2.05) is 13.8 Å². The average Bonchev–Trinajstić information content (AvgIpc) is 2.77. The van der Waals surface area contributed by atoms with Crippen molar-refractivity contribution in [1.82, 2.24) is 16.2 Å². The number of hydrogen-bond acceptors (Lipinski definition) is 5. The zero-order valence-corrected chi connectivity index (χ0v) is 19.6. The minimum atomic E-state index is -0.437. The van der Waals surface area contributed by atoms with Crippen molar-refractivity contribution < 1.29 is 19.1 Å². The van der Waals surface area contributed by atoms with E-state index in [1.165, 1.54) is 12.8 Å². The second-order valence-corrected chi connectivity index (χ2v) is 7.87. The number of amides is 2. The minimum Gasteiger partial charge on any atom is -0.494 e. The summed E-state index contributed by atoms with van der Waals surface area (Å²) >= 11 is 5.11. The third-order valence-electron chi connectivity index (χ3n) is 4.39. The van der Waals surface area contributed by atoms with Gasteiger partial charge >= 0.3 is 0 Å². The van der Waals surface area contributed by atoms with Crippen LogP contribution in [0.2, 0.25) is 0 Å². The Morgan fingerprint density at radius 1 is 0.938 bits per heavy atom. The number of rotatable bonds is 10. The number of benzene rings is 2. The predicted molar refractivity (Wildman–Crippen MR) is 129 cm³/mol. The molecule has 0 fully saturated rings. The fourth-order valence-electron chi connectivity index (χ4n) is 2.82. The average molecular weight is 458 g/mol. The SMILES string of the molecule is CCCCCCOc1ccc(C(=O)NNC(=S)NC(=O)c2ccccc2OC(C)C)cc1. The number of nitrogens with one attached hydrogen (secondary N) is 3. The molecule has 0 saturated carbocycles. The maximum Gasteiger partial charge on any atom is 0.269 e. The molecule has 8 heteroatoms. The first kappa shape index (κ1) is 25.1. The summed E-state index contributed by atoms with van der Waals surface area (Å²) in [6.07, 6.45) is 4.47. The molecule has 0 aliphatic rings. The maximum atomic E-state index is 12.5. The van der Waals surface area contributed by atoms with Crippen molar-refractivity contribution in [2.45, 2.75) is 52.6 Å². The summed E-state index contributed by atoms with van der Waals surface area (Å²) in [5.74, 6) is 0.351. The lowest BCUT2D eigenvalue weighted by molar-refractivity contribution is 0.0933.